The highest BCUT2D eigenvalue weighted by Crippen LogP contribution is 2.13. The Labute approximate surface area is 90.2 Å². The van der Waals surface area contributed by atoms with Crippen molar-refractivity contribution in [3.63, 3.8) is 0 Å². The zero-order valence-corrected chi connectivity index (χ0v) is 9.02. The van der Waals surface area contributed by atoms with Gasteiger partial charge in [-0.1, -0.05) is 39.4 Å². The lowest BCUT2D eigenvalue weighted by molar-refractivity contribution is 0.112. The van der Waals surface area contributed by atoms with Crippen molar-refractivity contribution >= 4 is 33.8 Å². The van der Waals surface area contributed by atoms with Crippen LogP contribution in [0.15, 0.2) is 18.2 Å². The molecule has 0 aliphatic heterocycles. The first kappa shape index (κ1) is 10.3. The Morgan fingerprint density at radius 1 is 1.54 bits per heavy atom. The summed E-state index contributed by atoms with van der Waals surface area (Å²) in [5.41, 5.74) is 1.24. The molecule has 13 heavy (non-hydrogen) atoms. The average Bonchev–Trinajstić information content (AvgIpc) is 2.16. The molecular weight excluding hydrogens is 251 g/mol. The van der Waals surface area contributed by atoms with Crippen LogP contribution in [0.5, 0.6) is 0 Å². The molecule has 0 fully saturated rings. The van der Waals surface area contributed by atoms with Crippen LogP contribution in [0.4, 0.5) is 0 Å². The summed E-state index contributed by atoms with van der Waals surface area (Å²) in [5.74, 6) is 5.68. The first-order valence-electron chi connectivity index (χ1n) is 3.57. The van der Waals surface area contributed by atoms with Gasteiger partial charge in [-0.15, -0.1) is 0 Å². The summed E-state index contributed by atoms with van der Waals surface area (Å²) in [6, 6.07) is 5.06. The lowest BCUT2D eigenvalue weighted by Gasteiger charge is -1.96. The molecule has 0 aromatic heterocycles. The Balaban J connectivity index is 3.13. The van der Waals surface area contributed by atoms with Gasteiger partial charge in [-0.2, -0.15) is 0 Å². The van der Waals surface area contributed by atoms with E-state index in [2.05, 4.69) is 27.8 Å². The van der Waals surface area contributed by atoms with Crippen molar-refractivity contribution in [2.75, 3.05) is 5.33 Å². The third-order valence-corrected chi connectivity index (χ3v) is 1.95. The van der Waals surface area contributed by atoms with Gasteiger partial charge in [-0.05, 0) is 18.2 Å². The molecule has 0 saturated heterocycles. The van der Waals surface area contributed by atoms with Crippen LogP contribution in [0.3, 0.4) is 0 Å². The molecule has 0 radical (unpaired) electrons. The fourth-order valence-electron chi connectivity index (χ4n) is 0.874. The van der Waals surface area contributed by atoms with Gasteiger partial charge in [0.15, 0.2) is 6.29 Å². The predicted octanol–water partition coefficient (Wildman–Crippen LogP) is 2.90. The molecule has 3 heteroatoms. The lowest BCUT2D eigenvalue weighted by atomic mass is 10.1. The minimum atomic E-state index is 0.529. The van der Waals surface area contributed by atoms with Gasteiger partial charge in [-0.25, -0.2) is 0 Å². The Kier molecular flexibility index (Phi) is 4.01. The third-order valence-electron chi connectivity index (χ3n) is 1.43. The zero-order valence-electron chi connectivity index (χ0n) is 6.68. The molecule has 0 amide bonds. The third kappa shape index (κ3) is 2.87. The highest BCUT2D eigenvalue weighted by molar-refractivity contribution is 9.09. The molecule has 0 unspecified atom stereocenters. The summed E-state index contributed by atoms with van der Waals surface area (Å²) in [4.78, 5) is 10.6. The van der Waals surface area contributed by atoms with Gasteiger partial charge < -0.3 is 0 Å². The molecule has 0 spiro atoms. The van der Waals surface area contributed by atoms with Crippen LogP contribution < -0.4 is 0 Å². The first-order valence-corrected chi connectivity index (χ1v) is 5.07. The lowest BCUT2D eigenvalue weighted by Crippen LogP contribution is -1.86. The normalized spacial score (nSPS) is 8.77. The van der Waals surface area contributed by atoms with Crippen LogP contribution in [-0.4, -0.2) is 11.6 Å². The predicted molar refractivity (Wildman–Crippen MR) is 57.5 cm³/mol. The molecule has 0 aliphatic rings. The molecule has 0 bridgehead atoms. The van der Waals surface area contributed by atoms with Gasteiger partial charge in [0.1, 0.15) is 0 Å². The van der Waals surface area contributed by atoms with Gasteiger partial charge in [0.05, 0.1) is 5.33 Å². The maximum atomic E-state index is 10.6. The van der Waals surface area contributed by atoms with E-state index in [1.54, 1.807) is 18.2 Å². The van der Waals surface area contributed by atoms with Gasteiger partial charge in [-0.3, -0.25) is 4.79 Å². The van der Waals surface area contributed by atoms with E-state index in [0.717, 1.165) is 6.29 Å². The van der Waals surface area contributed by atoms with Crippen LogP contribution >= 0.6 is 27.5 Å². The molecule has 0 N–H and O–H groups in total. The number of alkyl halides is 1. The first-order chi connectivity index (χ1) is 6.27. The standard InChI is InChI=1S/C10H6BrClO/c11-5-1-2-8-3-4-10(12)6-9(8)7-13/h3-4,6-7H,5H2. The molecule has 1 rings (SSSR count). The summed E-state index contributed by atoms with van der Waals surface area (Å²) >= 11 is 8.89. The van der Waals surface area contributed by atoms with E-state index < -0.39 is 0 Å². The topological polar surface area (TPSA) is 17.1 Å². The van der Waals surface area contributed by atoms with Crippen molar-refractivity contribution < 1.29 is 4.79 Å². The molecule has 1 aromatic rings. The maximum absolute atomic E-state index is 10.6. The SMILES string of the molecule is O=Cc1cc(Cl)ccc1C#CCBr. The smallest absolute Gasteiger partial charge is 0.151 e. The fraction of sp³-hybridized carbons (Fsp3) is 0.100. The van der Waals surface area contributed by atoms with Crippen LogP contribution in [0, 0.1) is 11.8 Å². The Bertz CT molecular complexity index is 376. The summed E-state index contributed by atoms with van der Waals surface area (Å²) < 4.78 is 0. The monoisotopic (exact) mass is 256 g/mol. The number of rotatable bonds is 1. The quantitative estimate of drug-likeness (QED) is 0.429. The second-order valence-corrected chi connectivity index (χ2v) is 3.28. The highest BCUT2D eigenvalue weighted by Gasteiger charge is 1.98. The fourth-order valence-corrected chi connectivity index (χ4v) is 1.19. The van der Waals surface area contributed by atoms with E-state index in [1.807, 2.05) is 0 Å². The minimum absolute atomic E-state index is 0.529. The second-order valence-electron chi connectivity index (χ2n) is 2.28. The van der Waals surface area contributed by atoms with Crippen LogP contribution in [-0.2, 0) is 0 Å². The van der Waals surface area contributed by atoms with Crippen molar-refractivity contribution in [3.05, 3.63) is 34.3 Å². The van der Waals surface area contributed by atoms with Gasteiger partial charge in [0.2, 0.25) is 0 Å². The Morgan fingerprint density at radius 3 is 2.92 bits per heavy atom. The van der Waals surface area contributed by atoms with Gasteiger partial charge >= 0.3 is 0 Å². The van der Waals surface area contributed by atoms with E-state index in [0.29, 0.717) is 21.5 Å². The molecule has 0 saturated carbocycles. The van der Waals surface area contributed by atoms with Crippen LogP contribution in [0.2, 0.25) is 5.02 Å². The van der Waals surface area contributed by atoms with E-state index in [9.17, 15) is 4.79 Å². The molecule has 0 heterocycles. The summed E-state index contributed by atoms with van der Waals surface area (Å²) in [6.07, 6.45) is 0.754. The second kappa shape index (κ2) is 5.06. The maximum Gasteiger partial charge on any atom is 0.151 e. The van der Waals surface area contributed by atoms with E-state index in [1.165, 1.54) is 0 Å². The molecule has 1 aromatic carbocycles. The molecule has 1 nitrogen and oxygen atoms in total. The average molecular weight is 258 g/mol. The highest BCUT2D eigenvalue weighted by atomic mass is 79.9. The number of benzene rings is 1. The number of carbonyl (C=O) groups excluding carboxylic acids is 1. The summed E-state index contributed by atoms with van der Waals surface area (Å²) in [7, 11) is 0. The van der Waals surface area contributed by atoms with Crippen molar-refractivity contribution in [2.45, 2.75) is 0 Å². The summed E-state index contributed by atoms with van der Waals surface area (Å²) in [5, 5.41) is 1.14. The minimum Gasteiger partial charge on any atom is -0.298 e. The van der Waals surface area contributed by atoms with Crippen molar-refractivity contribution in [1.82, 2.24) is 0 Å². The largest absolute Gasteiger partial charge is 0.298 e. The number of aldehydes is 1. The number of hydrogen-bond acceptors (Lipinski definition) is 1. The number of halogens is 2. The van der Waals surface area contributed by atoms with Crippen LogP contribution in [0.1, 0.15) is 15.9 Å². The van der Waals surface area contributed by atoms with E-state index in [-0.39, 0.29) is 0 Å². The van der Waals surface area contributed by atoms with E-state index in [4.69, 9.17) is 11.6 Å². The Morgan fingerprint density at radius 2 is 2.31 bits per heavy atom. The molecule has 0 atom stereocenters. The van der Waals surface area contributed by atoms with Gasteiger partial charge in [0.25, 0.3) is 0 Å². The van der Waals surface area contributed by atoms with Crippen molar-refractivity contribution in [3.8, 4) is 11.8 Å². The van der Waals surface area contributed by atoms with Gasteiger partial charge in [0, 0.05) is 16.1 Å². The summed E-state index contributed by atoms with van der Waals surface area (Å²) in [6.45, 7) is 0. The molecule has 0 aliphatic carbocycles. The van der Waals surface area contributed by atoms with Crippen molar-refractivity contribution in [2.24, 2.45) is 0 Å². The molecule has 66 valence electrons. The van der Waals surface area contributed by atoms with E-state index >= 15 is 0 Å². The number of carbonyl (C=O) groups is 1. The van der Waals surface area contributed by atoms with Crippen LogP contribution in [0.25, 0.3) is 0 Å². The Hall–Kier alpha value is -0.780. The van der Waals surface area contributed by atoms with Crippen molar-refractivity contribution in [1.29, 1.82) is 0 Å². The zero-order chi connectivity index (χ0) is 9.68. The molecular formula is C10H6BrClO. The number of hydrogen-bond donors (Lipinski definition) is 0.